The Labute approximate surface area is 142 Å². The Kier molecular flexibility index (Phi) is 3.76. The van der Waals surface area contributed by atoms with Gasteiger partial charge in [-0.2, -0.15) is 4.98 Å². The van der Waals surface area contributed by atoms with Gasteiger partial charge in [0.2, 0.25) is 5.88 Å². The minimum Gasteiger partial charge on any atom is -0.439 e. The summed E-state index contributed by atoms with van der Waals surface area (Å²) in [5.74, 6) is 1.18. The number of aromatic nitrogens is 2. The molecule has 2 aromatic carbocycles. The van der Waals surface area contributed by atoms with Gasteiger partial charge in [0.1, 0.15) is 16.5 Å². The fourth-order valence-electron chi connectivity index (χ4n) is 2.32. The molecule has 4 aromatic rings. The number of hydrogen-bond donors (Lipinski definition) is 0. The van der Waals surface area contributed by atoms with E-state index in [0.717, 1.165) is 4.70 Å². The quantitative estimate of drug-likeness (QED) is 0.554. The van der Waals surface area contributed by atoms with Crippen LogP contribution in [0.15, 0.2) is 77.6 Å². The van der Waals surface area contributed by atoms with Crippen LogP contribution in [0.2, 0.25) is 0 Å². The van der Waals surface area contributed by atoms with E-state index in [4.69, 9.17) is 4.74 Å². The van der Waals surface area contributed by atoms with Crippen molar-refractivity contribution in [3.8, 4) is 22.3 Å². The van der Waals surface area contributed by atoms with Gasteiger partial charge in [-0.05, 0) is 30.3 Å². The summed E-state index contributed by atoms with van der Waals surface area (Å²) in [7, 11) is 0. The largest absolute Gasteiger partial charge is 0.439 e. The second-order valence-electron chi connectivity index (χ2n) is 5.10. The Morgan fingerprint density at radius 3 is 2.46 bits per heavy atom. The predicted molar refractivity (Wildman–Crippen MR) is 95.6 cm³/mol. The van der Waals surface area contributed by atoms with Crippen molar-refractivity contribution in [2.75, 3.05) is 0 Å². The molecule has 4 rings (SSSR count). The molecule has 0 saturated carbocycles. The van der Waals surface area contributed by atoms with Gasteiger partial charge >= 0.3 is 0 Å². The van der Waals surface area contributed by atoms with E-state index in [1.807, 2.05) is 60.7 Å². The highest BCUT2D eigenvalue weighted by Crippen LogP contribution is 2.27. The van der Waals surface area contributed by atoms with Crippen molar-refractivity contribution in [2.24, 2.45) is 0 Å². The van der Waals surface area contributed by atoms with E-state index in [2.05, 4.69) is 9.97 Å². The first-order valence-electron chi connectivity index (χ1n) is 7.40. The summed E-state index contributed by atoms with van der Waals surface area (Å²) in [5, 5.41) is 1.21. The summed E-state index contributed by atoms with van der Waals surface area (Å²) in [6.45, 7) is 0. The number of pyridine rings is 1. The van der Waals surface area contributed by atoms with Crippen molar-refractivity contribution >= 4 is 21.4 Å². The molecule has 0 bridgehead atoms. The Bertz CT molecular complexity index is 1060. The molecule has 24 heavy (non-hydrogen) atoms. The normalized spacial score (nSPS) is 10.7. The fraction of sp³-hybridized carbons (Fsp3) is 0. The SMILES string of the molecule is O=c1nc(-c2cccc(Oc3ccccc3)n2)sc2ccccc12. The van der Waals surface area contributed by atoms with Crippen molar-refractivity contribution in [3.05, 3.63) is 83.2 Å². The van der Waals surface area contributed by atoms with Crippen LogP contribution < -0.4 is 10.3 Å². The summed E-state index contributed by atoms with van der Waals surface area (Å²) in [6.07, 6.45) is 0. The molecular formula is C19H12N2O2S. The zero-order valence-electron chi connectivity index (χ0n) is 12.5. The van der Waals surface area contributed by atoms with Gasteiger partial charge in [-0.15, -0.1) is 11.3 Å². The molecule has 0 aliphatic rings. The first-order chi connectivity index (χ1) is 11.8. The second-order valence-corrected chi connectivity index (χ2v) is 6.13. The Morgan fingerprint density at radius 2 is 1.58 bits per heavy atom. The molecule has 0 N–H and O–H groups in total. The number of ether oxygens (including phenoxy) is 1. The van der Waals surface area contributed by atoms with Crippen molar-refractivity contribution in [1.29, 1.82) is 0 Å². The number of nitrogens with zero attached hydrogens (tertiary/aromatic N) is 2. The molecule has 0 saturated heterocycles. The average molecular weight is 332 g/mol. The maximum absolute atomic E-state index is 12.2. The van der Waals surface area contributed by atoms with E-state index in [1.54, 1.807) is 12.1 Å². The topological polar surface area (TPSA) is 52.1 Å². The Morgan fingerprint density at radius 1 is 0.792 bits per heavy atom. The minimum atomic E-state index is -0.240. The maximum atomic E-state index is 12.2. The molecule has 2 heterocycles. The van der Waals surface area contributed by atoms with Crippen LogP contribution in [-0.2, 0) is 0 Å². The molecule has 0 radical (unpaired) electrons. The second kappa shape index (κ2) is 6.22. The third-order valence-electron chi connectivity index (χ3n) is 3.44. The Balaban J connectivity index is 1.75. The molecule has 0 unspecified atom stereocenters. The van der Waals surface area contributed by atoms with E-state index in [9.17, 15) is 4.79 Å². The first kappa shape index (κ1) is 14.5. The highest BCUT2D eigenvalue weighted by Gasteiger charge is 2.09. The van der Waals surface area contributed by atoms with E-state index in [0.29, 0.717) is 27.7 Å². The lowest BCUT2D eigenvalue weighted by Crippen LogP contribution is -2.06. The third kappa shape index (κ3) is 2.89. The van der Waals surface area contributed by atoms with Gasteiger partial charge in [0.25, 0.3) is 5.56 Å². The molecule has 0 fully saturated rings. The molecule has 0 aliphatic carbocycles. The van der Waals surface area contributed by atoms with Crippen LogP contribution in [0.5, 0.6) is 11.6 Å². The van der Waals surface area contributed by atoms with Crippen LogP contribution in [0.25, 0.3) is 20.8 Å². The van der Waals surface area contributed by atoms with Crippen LogP contribution in [0.3, 0.4) is 0 Å². The maximum Gasteiger partial charge on any atom is 0.279 e. The average Bonchev–Trinajstić information content (AvgIpc) is 2.63. The fourth-order valence-corrected chi connectivity index (χ4v) is 3.29. The standard InChI is InChI=1S/C19H12N2O2S/c22-18-14-9-4-5-11-16(14)24-19(21-18)15-10-6-12-17(20-15)23-13-7-2-1-3-8-13/h1-12H. The zero-order valence-corrected chi connectivity index (χ0v) is 13.4. The molecule has 0 aliphatic heterocycles. The van der Waals surface area contributed by atoms with Gasteiger partial charge in [-0.25, -0.2) is 4.98 Å². The molecule has 116 valence electrons. The van der Waals surface area contributed by atoms with Crippen LogP contribution >= 0.6 is 11.3 Å². The molecular weight excluding hydrogens is 320 g/mol. The summed E-state index contributed by atoms with van der Waals surface area (Å²) in [6, 6.07) is 22.3. The van der Waals surface area contributed by atoms with Gasteiger partial charge in [0, 0.05) is 10.8 Å². The number of fused-ring (bicyclic) bond motifs is 1. The van der Waals surface area contributed by atoms with Crippen LogP contribution in [0.4, 0.5) is 0 Å². The van der Waals surface area contributed by atoms with E-state index in [-0.39, 0.29) is 5.56 Å². The smallest absolute Gasteiger partial charge is 0.279 e. The van der Waals surface area contributed by atoms with E-state index < -0.39 is 0 Å². The van der Waals surface area contributed by atoms with E-state index in [1.165, 1.54) is 11.3 Å². The molecule has 0 atom stereocenters. The van der Waals surface area contributed by atoms with Gasteiger partial charge < -0.3 is 4.74 Å². The van der Waals surface area contributed by atoms with Crippen molar-refractivity contribution in [3.63, 3.8) is 0 Å². The summed E-state index contributed by atoms with van der Waals surface area (Å²) < 4.78 is 6.64. The molecule has 0 spiro atoms. The van der Waals surface area contributed by atoms with Gasteiger partial charge in [-0.1, -0.05) is 36.4 Å². The number of rotatable bonds is 3. The van der Waals surface area contributed by atoms with Crippen molar-refractivity contribution in [1.82, 2.24) is 9.97 Å². The van der Waals surface area contributed by atoms with Crippen molar-refractivity contribution in [2.45, 2.75) is 0 Å². The van der Waals surface area contributed by atoms with Crippen LogP contribution in [0, 0.1) is 0 Å². The first-order valence-corrected chi connectivity index (χ1v) is 8.21. The monoisotopic (exact) mass is 332 g/mol. The van der Waals surface area contributed by atoms with Crippen molar-refractivity contribution < 1.29 is 4.74 Å². The number of benzene rings is 2. The van der Waals surface area contributed by atoms with Gasteiger partial charge in [0.05, 0.1) is 5.39 Å². The van der Waals surface area contributed by atoms with E-state index >= 15 is 0 Å². The lowest BCUT2D eigenvalue weighted by Gasteiger charge is -2.06. The van der Waals surface area contributed by atoms with Crippen LogP contribution in [0.1, 0.15) is 0 Å². The lowest BCUT2D eigenvalue weighted by atomic mass is 10.3. The number of hydrogen-bond acceptors (Lipinski definition) is 5. The third-order valence-corrected chi connectivity index (χ3v) is 4.51. The summed E-state index contributed by atoms with van der Waals surface area (Å²) in [4.78, 5) is 20.8. The lowest BCUT2D eigenvalue weighted by molar-refractivity contribution is 0.463. The molecule has 5 heteroatoms. The summed E-state index contributed by atoms with van der Waals surface area (Å²) in [5.41, 5.74) is 0.381. The highest BCUT2D eigenvalue weighted by atomic mass is 32.1. The highest BCUT2D eigenvalue weighted by molar-refractivity contribution is 7.21. The molecule has 4 nitrogen and oxygen atoms in total. The van der Waals surface area contributed by atoms with Gasteiger partial charge in [-0.3, -0.25) is 4.79 Å². The minimum absolute atomic E-state index is 0.240. The Hall–Kier alpha value is -3.05. The van der Waals surface area contributed by atoms with Gasteiger partial charge in [0.15, 0.2) is 0 Å². The molecule has 2 aromatic heterocycles. The molecule has 0 amide bonds. The van der Waals surface area contributed by atoms with Crippen LogP contribution in [-0.4, -0.2) is 9.97 Å². The summed E-state index contributed by atoms with van der Waals surface area (Å²) >= 11 is 1.44. The zero-order chi connectivity index (χ0) is 16.4. The predicted octanol–water partition coefficient (Wildman–Crippen LogP) is 4.51. The number of para-hydroxylation sites is 1.